The van der Waals surface area contributed by atoms with E-state index in [0.717, 1.165) is 0 Å². The molecule has 7 heteroatoms. The Hall–Kier alpha value is -1.89. The molecule has 0 saturated heterocycles. The van der Waals surface area contributed by atoms with Crippen molar-refractivity contribution in [1.82, 2.24) is 19.5 Å². The third kappa shape index (κ3) is 1.68. The smallest absolute Gasteiger partial charge is 0.302 e. The highest BCUT2D eigenvalue weighted by molar-refractivity contribution is 5.70. The van der Waals surface area contributed by atoms with Crippen LogP contribution in [-0.4, -0.2) is 31.2 Å². The molecule has 2 aromatic rings. The zero-order valence-corrected chi connectivity index (χ0v) is 7.97. The quantitative estimate of drug-likeness (QED) is 0.605. The molecule has 0 spiro atoms. The van der Waals surface area contributed by atoms with E-state index in [1.165, 1.54) is 6.33 Å². The number of aromatic nitrogens is 4. The van der Waals surface area contributed by atoms with Gasteiger partial charge >= 0.3 is 5.56 Å². The fraction of sp³-hybridized carbons (Fsp3) is 0.375. The first-order valence-corrected chi connectivity index (χ1v) is 4.54. The summed E-state index contributed by atoms with van der Waals surface area (Å²) in [7, 11) is 0. The van der Waals surface area contributed by atoms with Crippen molar-refractivity contribution in [2.75, 3.05) is 12.3 Å². The highest BCUT2D eigenvalue weighted by Gasteiger charge is 2.07. The van der Waals surface area contributed by atoms with Gasteiger partial charge in [0, 0.05) is 13.2 Å². The molecule has 80 valence electrons. The summed E-state index contributed by atoms with van der Waals surface area (Å²) < 4.78 is 1.73. The molecule has 0 saturated carbocycles. The van der Waals surface area contributed by atoms with E-state index < -0.39 is 5.56 Å². The van der Waals surface area contributed by atoms with E-state index in [-0.39, 0.29) is 18.1 Å². The van der Waals surface area contributed by atoms with Gasteiger partial charge in [-0.2, -0.15) is 4.98 Å². The number of H-pyrrole nitrogens is 1. The van der Waals surface area contributed by atoms with E-state index in [0.29, 0.717) is 18.6 Å². The van der Waals surface area contributed by atoms with Gasteiger partial charge in [-0.15, -0.1) is 0 Å². The first-order valence-electron chi connectivity index (χ1n) is 4.54. The van der Waals surface area contributed by atoms with Crippen LogP contribution in [0.1, 0.15) is 6.42 Å². The lowest BCUT2D eigenvalue weighted by Crippen LogP contribution is -2.12. The number of rotatable bonds is 3. The van der Waals surface area contributed by atoms with Crippen LogP contribution in [0.2, 0.25) is 0 Å². The first kappa shape index (κ1) is 9.66. The summed E-state index contributed by atoms with van der Waals surface area (Å²) in [6.45, 7) is 0.664. The van der Waals surface area contributed by atoms with Crippen molar-refractivity contribution in [1.29, 1.82) is 0 Å². The summed E-state index contributed by atoms with van der Waals surface area (Å²) in [4.78, 5) is 21.6. The Labute approximate surface area is 84.6 Å². The van der Waals surface area contributed by atoms with Crippen LogP contribution in [0.3, 0.4) is 0 Å². The maximum atomic E-state index is 11.4. The van der Waals surface area contributed by atoms with Gasteiger partial charge in [0.15, 0.2) is 5.52 Å². The highest BCUT2D eigenvalue weighted by atomic mass is 16.3. The topological polar surface area (TPSA) is 110 Å². The number of imidazole rings is 1. The molecule has 0 aromatic carbocycles. The number of aromatic amines is 1. The predicted octanol–water partition coefficient (Wildman–Crippen LogP) is -0.916. The monoisotopic (exact) mass is 209 g/mol. The number of anilines is 1. The van der Waals surface area contributed by atoms with Crippen molar-refractivity contribution in [3.05, 3.63) is 16.7 Å². The van der Waals surface area contributed by atoms with Crippen LogP contribution < -0.4 is 11.3 Å². The highest BCUT2D eigenvalue weighted by Crippen LogP contribution is 2.06. The Balaban J connectivity index is 2.53. The number of hydrogen-bond donors (Lipinski definition) is 3. The molecule has 0 aliphatic heterocycles. The molecule has 0 radical (unpaired) electrons. The van der Waals surface area contributed by atoms with Crippen LogP contribution >= 0.6 is 0 Å². The van der Waals surface area contributed by atoms with E-state index in [4.69, 9.17) is 10.8 Å². The number of nitrogens with zero attached hydrogens (tertiary/aromatic N) is 3. The lowest BCUT2D eigenvalue weighted by atomic mass is 10.4. The van der Waals surface area contributed by atoms with Crippen LogP contribution in [0, 0.1) is 0 Å². The molecule has 0 bridgehead atoms. The van der Waals surface area contributed by atoms with E-state index in [1.807, 2.05) is 0 Å². The SMILES string of the molecule is Nc1nc(=O)c2ncn(CCCO)c2[nH]1. The molecule has 15 heavy (non-hydrogen) atoms. The van der Waals surface area contributed by atoms with Gasteiger partial charge in [-0.05, 0) is 6.42 Å². The Bertz CT molecular complexity index is 529. The van der Waals surface area contributed by atoms with Crippen LogP contribution in [0.4, 0.5) is 5.95 Å². The average Bonchev–Trinajstić information content (AvgIpc) is 2.58. The molecular formula is C8H11N5O2. The summed E-state index contributed by atoms with van der Waals surface area (Å²) in [6.07, 6.45) is 2.12. The molecule has 7 nitrogen and oxygen atoms in total. The first-order chi connectivity index (χ1) is 7.22. The van der Waals surface area contributed by atoms with Gasteiger partial charge in [0.25, 0.3) is 0 Å². The third-order valence-electron chi connectivity index (χ3n) is 2.07. The normalized spacial score (nSPS) is 11.0. The number of fused-ring (bicyclic) bond motifs is 1. The van der Waals surface area contributed by atoms with Gasteiger partial charge in [0.05, 0.1) is 6.33 Å². The van der Waals surface area contributed by atoms with Crippen molar-refractivity contribution in [3.63, 3.8) is 0 Å². The van der Waals surface area contributed by atoms with Gasteiger partial charge in [-0.25, -0.2) is 4.98 Å². The van der Waals surface area contributed by atoms with Gasteiger partial charge in [-0.1, -0.05) is 0 Å². The molecule has 2 heterocycles. The minimum absolute atomic E-state index is 0.0678. The van der Waals surface area contributed by atoms with E-state index in [1.54, 1.807) is 4.57 Å². The maximum absolute atomic E-state index is 11.4. The number of nitrogens with one attached hydrogen (secondary N) is 1. The summed E-state index contributed by atoms with van der Waals surface area (Å²) >= 11 is 0. The second kappa shape index (κ2) is 3.70. The molecule has 0 atom stereocenters. The fourth-order valence-corrected chi connectivity index (χ4v) is 1.39. The van der Waals surface area contributed by atoms with E-state index >= 15 is 0 Å². The number of aliphatic hydroxyl groups excluding tert-OH is 1. The van der Waals surface area contributed by atoms with Gasteiger partial charge in [0.2, 0.25) is 5.95 Å². The lowest BCUT2D eigenvalue weighted by molar-refractivity contribution is 0.280. The number of hydrogen-bond acceptors (Lipinski definition) is 5. The van der Waals surface area contributed by atoms with Crippen molar-refractivity contribution in [3.8, 4) is 0 Å². The number of aliphatic hydroxyl groups is 1. The van der Waals surface area contributed by atoms with Gasteiger partial charge in [-0.3, -0.25) is 4.79 Å². The van der Waals surface area contributed by atoms with Crippen LogP contribution in [-0.2, 0) is 6.54 Å². The zero-order valence-electron chi connectivity index (χ0n) is 7.97. The molecule has 0 aliphatic carbocycles. The minimum Gasteiger partial charge on any atom is -0.396 e. The molecule has 0 aliphatic rings. The van der Waals surface area contributed by atoms with Gasteiger partial charge in [0.1, 0.15) is 5.65 Å². The summed E-state index contributed by atoms with van der Waals surface area (Å²) in [5, 5.41) is 8.70. The molecule has 2 aromatic heterocycles. The Morgan fingerprint density at radius 3 is 3.13 bits per heavy atom. The molecule has 0 amide bonds. The third-order valence-corrected chi connectivity index (χ3v) is 2.07. The molecule has 2 rings (SSSR count). The molecule has 0 unspecified atom stereocenters. The number of aryl methyl sites for hydroxylation is 1. The van der Waals surface area contributed by atoms with Crippen molar-refractivity contribution in [2.45, 2.75) is 13.0 Å². The predicted molar refractivity (Wildman–Crippen MR) is 54.3 cm³/mol. The second-order valence-electron chi connectivity index (χ2n) is 3.14. The van der Waals surface area contributed by atoms with Crippen LogP contribution in [0.15, 0.2) is 11.1 Å². The summed E-state index contributed by atoms with van der Waals surface area (Å²) in [5.41, 5.74) is 5.79. The maximum Gasteiger partial charge on any atom is 0.302 e. The van der Waals surface area contributed by atoms with Gasteiger partial charge < -0.3 is 20.4 Å². The van der Waals surface area contributed by atoms with Crippen molar-refractivity contribution < 1.29 is 5.11 Å². The standard InChI is InChI=1S/C8H11N5O2/c9-8-11-6-5(7(15)12-8)10-4-13(6)2-1-3-14/h4,14H,1-3H2,(H3,9,11,12,15). The largest absolute Gasteiger partial charge is 0.396 e. The second-order valence-corrected chi connectivity index (χ2v) is 3.14. The van der Waals surface area contributed by atoms with Crippen LogP contribution in [0.5, 0.6) is 0 Å². The lowest BCUT2D eigenvalue weighted by Gasteiger charge is -2.01. The Kier molecular flexibility index (Phi) is 2.38. The molecule has 4 N–H and O–H groups in total. The van der Waals surface area contributed by atoms with E-state index in [9.17, 15) is 4.79 Å². The number of nitrogens with two attached hydrogens (primary N) is 1. The van der Waals surface area contributed by atoms with E-state index in [2.05, 4.69) is 15.0 Å². The Morgan fingerprint density at radius 1 is 1.60 bits per heavy atom. The Morgan fingerprint density at radius 2 is 2.40 bits per heavy atom. The summed E-state index contributed by atoms with van der Waals surface area (Å²) in [6, 6.07) is 0. The molecule has 0 fully saturated rings. The van der Waals surface area contributed by atoms with Crippen molar-refractivity contribution >= 4 is 17.1 Å². The summed E-state index contributed by atoms with van der Waals surface area (Å²) in [5.74, 6) is 0.0678. The van der Waals surface area contributed by atoms with Crippen LogP contribution in [0.25, 0.3) is 11.2 Å². The minimum atomic E-state index is -0.441. The van der Waals surface area contributed by atoms with Crippen molar-refractivity contribution in [2.24, 2.45) is 0 Å². The zero-order chi connectivity index (χ0) is 10.8. The number of nitrogen functional groups attached to an aromatic ring is 1. The fourth-order valence-electron chi connectivity index (χ4n) is 1.39. The average molecular weight is 209 g/mol. The molecular weight excluding hydrogens is 198 g/mol.